The van der Waals surface area contributed by atoms with Crippen LogP contribution in [0.3, 0.4) is 0 Å². The molecule has 0 fully saturated rings. The molecule has 2 atom stereocenters. The molecule has 0 spiro atoms. The lowest BCUT2D eigenvalue weighted by molar-refractivity contribution is -0.141. The van der Waals surface area contributed by atoms with Gasteiger partial charge < -0.3 is 24.7 Å². The summed E-state index contributed by atoms with van der Waals surface area (Å²) < 4.78 is 11.0. The van der Waals surface area contributed by atoms with E-state index in [9.17, 15) is 9.59 Å². The molecule has 0 saturated heterocycles. The molecule has 1 aliphatic heterocycles. The van der Waals surface area contributed by atoms with Crippen LogP contribution in [0.25, 0.3) is 10.9 Å². The van der Waals surface area contributed by atoms with Crippen LogP contribution < -0.4 is 15.0 Å². The van der Waals surface area contributed by atoms with Crippen molar-refractivity contribution in [2.45, 2.75) is 39.7 Å². The van der Waals surface area contributed by atoms with Gasteiger partial charge in [-0.25, -0.2) is 4.79 Å². The summed E-state index contributed by atoms with van der Waals surface area (Å²) in [5, 5.41) is 3.86. The van der Waals surface area contributed by atoms with Crippen molar-refractivity contribution in [3.63, 3.8) is 0 Å². The summed E-state index contributed by atoms with van der Waals surface area (Å²) >= 11 is 0. The highest BCUT2D eigenvalue weighted by Crippen LogP contribution is 2.40. The second-order valence-electron chi connectivity index (χ2n) is 8.39. The summed E-state index contributed by atoms with van der Waals surface area (Å²) in [6.45, 7) is 8.54. The summed E-state index contributed by atoms with van der Waals surface area (Å²) in [5.41, 5.74) is 4.11. The molecule has 2 N–H and O–H groups in total. The molecule has 0 bridgehead atoms. The maximum atomic E-state index is 12.7. The Morgan fingerprint density at radius 3 is 2.76 bits per heavy atom. The average Bonchev–Trinajstić information content (AvgIpc) is 3.28. The topological polar surface area (TPSA) is 83.7 Å². The summed E-state index contributed by atoms with van der Waals surface area (Å²) in [7, 11) is 0. The van der Waals surface area contributed by atoms with Gasteiger partial charge in [0.2, 0.25) is 0 Å². The fourth-order valence-electron chi connectivity index (χ4n) is 4.46. The Bertz CT molecular complexity index is 1140. The third-order valence-electron chi connectivity index (χ3n) is 6.45. The minimum atomic E-state index is -0.495. The molecule has 4 rings (SSSR count). The SMILES string of the molecule is CCN(CC)c1ccc2c(c1)OC(=O)C(CCOC(=O)NCc1ccc3[nH]ccc3c1)C2C. The van der Waals surface area contributed by atoms with Crippen LogP contribution in [0.5, 0.6) is 5.75 Å². The van der Waals surface area contributed by atoms with Gasteiger partial charge in [0, 0.05) is 43.1 Å². The first-order chi connectivity index (χ1) is 16.0. The van der Waals surface area contributed by atoms with Gasteiger partial charge in [0.05, 0.1) is 12.5 Å². The number of rotatable bonds is 8. The molecule has 7 heteroatoms. The van der Waals surface area contributed by atoms with Crippen LogP contribution in [0.4, 0.5) is 10.5 Å². The highest BCUT2D eigenvalue weighted by atomic mass is 16.6. The predicted octanol–water partition coefficient (Wildman–Crippen LogP) is 4.97. The van der Waals surface area contributed by atoms with E-state index in [0.29, 0.717) is 18.7 Å². The van der Waals surface area contributed by atoms with Gasteiger partial charge in [0.25, 0.3) is 0 Å². The van der Waals surface area contributed by atoms with Crippen LogP contribution >= 0.6 is 0 Å². The molecule has 1 amide bonds. The van der Waals surface area contributed by atoms with Crippen LogP contribution in [-0.2, 0) is 16.1 Å². The molecule has 0 saturated carbocycles. The number of anilines is 1. The van der Waals surface area contributed by atoms with Crippen molar-refractivity contribution in [3.8, 4) is 5.75 Å². The number of fused-ring (bicyclic) bond motifs is 2. The second-order valence-corrected chi connectivity index (χ2v) is 8.39. The first kappa shape index (κ1) is 22.7. The zero-order valence-corrected chi connectivity index (χ0v) is 19.4. The number of ether oxygens (including phenoxy) is 2. The van der Waals surface area contributed by atoms with E-state index < -0.39 is 6.09 Å². The molecule has 174 valence electrons. The number of H-pyrrole nitrogens is 1. The zero-order valence-electron chi connectivity index (χ0n) is 19.4. The number of hydrogen-bond acceptors (Lipinski definition) is 5. The van der Waals surface area contributed by atoms with E-state index in [1.54, 1.807) is 0 Å². The number of amides is 1. The number of hydrogen-bond donors (Lipinski definition) is 2. The third-order valence-corrected chi connectivity index (χ3v) is 6.45. The number of alkyl carbamates (subject to hydrolysis) is 1. The standard InChI is InChI=1S/C26H31N3O4/c1-4-29(5-2)20-7-8-21-17(3)22(25(30)33-24(21)15-20)11-13-32-26(31)28-16-18-6-9-23-19(14-18)10-12-27-23/h6-10,12,14-15,17,22,27H,4-5,11,13,16H2,1-3H3,(H,28,31). The van der Waals surface area contributed by atoms with E-state index in [4.69, 9.17) is 9.47 Å². The van der Waals surface area contributed by atoms with Crippen LogP contribution in [-0.4, -0.2) is 36.7 Å². The normalized spacial score (nSPS) is 17.4. The smallest absolute Gasteiger partial charge is 0.407 e. The van der Waals surface area contributed by atoms with E-state index in [1.807, 2.05) is 49.5 Å². The molecule has 1 aromatic heterocycles. The monoisotopic (exact) mass is 449 g/mol. The van der Waals surface area contributed by atoms with Crippen molar-refractivity contribution in [2.24, 2.45) is 5.92 Å². The van der Waals surface area contributed by atoms with E-state index >= 15 is 0 Å². The van der Waals surface area contributed by atoms with E-state index in [2.05, 4.69) is 35.1 Å². The maximum absolute atomic E-state index is 12.7. The van der Waals surface area contributed by atoms with Crippen molar-refractivity contribution in [1.82, 2.24) is 10.3 Å². The Labute approximate surface area is 194 Å². The van der Waals surface area contributed by atoms with Crippen molar-refractivity contribution >= 4 is 28.7 Å². The number of nitrogens with zero attached hydrogens (tertiary/aromatic N) is 1. The minimum absolute atomic E-state index is 0.00765. The molecule has 2 unspecified atom stereocenters. The molecule has 33 heavy (non-hydrogen) atoms. The first-order valence-corrected chi connectivity index (χ1v) is 11.6. The van der Waals surface area contributed by atoms with Crippen LogP contribution in [0.1, 0.15) is 44.2 Å². The molecular formula is C26H31N3O4. The zero-order chi connectivity index (χ0) is 23.4. The van der Waals surface area contributed by atoms with Gasteiger partial charge in [-0.05, 0) is 67.0 Å². The molecule has 0 aliphatic carbocycles. The third kappa shape index (κ3) is 4.97. The van der Waals surface area contributed by atoms with Gasteiger partial charge in [0.1, 0.15) is 5.75 Å². The van der Waals surface area contributed by atoms with Crippen molar-refractivity contribution in [2.75, 3.05) is 24.6 Å². The van der Waals surface area contributed by atoms with Gasteiger partial charge in [0.15, 0.2) is 0 Å². The highest BCUT2D eigenvalue weighted by molar-refractivity contribution is 5.81. The fraction of sp³-hybridized carbons (Fsp3) is 0.385. The van der Waals surface area contributed by atoms with E-state index in [0.717, 1.165) is 40.8 Å². The Morgan fingerprint density at radius 1 is 1.15 bits per heavy atom. The Morgan fingerprint density at radius 2 is 1.97 bits per heavy atom. The van der Waals surface area contributed by atoms with E-state index in [-0.39, 0.29) is 24.4 Å². The molecule has 1 aliphatic rings. The van der Waals surface area contributed by atoms with Crippen molar-refractivity contribution in [3.05, 3.63) is 59.8 Å². The Balaban J connectivity index is 1.29. The summed E-state index contributed by atoms with van der Waals surface area (Å²) in [6.07, 6.45) is 1.81. The quantitative estimate of drug-likeness (QED) is 0.375. The fourth-order valence-corrected chi connectivity index (χ4v) is 4.46. The number of carbonyl (C=O) groups excluding carboxylic acids is 2. The predicted molar refractivity (Wildman–Crippen MR) is 129 cm³/mol. The number of benzene rings is 2. The van der Waals surface area contributed by atoms with E-state index in [1.165, 1.54) is 0 Å². The highest BCUT2D eigenvalue weighted by Gasteiger charge is 2.35. The Hall–Kier alpha value is -3.48. The largest absolute Gasteiger partial charge is 0.450 e. The lowest BCUT2D eigenvalue weighted by Gasteiger charge is -2.31. The van der Waals surface area contributed by atoms with Gasteiger partial charge in [-0.1, -0.05) is 19.1 Å². The lowest BCUT2D eigenvalue weighted by Crippen LogP contribution is -2.32. The van der Waals surface area contributed by atoms with Crippen molar-refractivity contribution in [1.29, 1.82) is 0 Å². The summed E-state index contributed by atoms with van der Waals surface area (Å²) in [6, 6.07) is 14.0. The van der Waals surface area contributed by atoms with Gasteiger partial charge >= 0.3 is 12.1 Å². The lowest BCUT2D eigenvalue weighted by atomic mass is 9.83. The number of aromatic nitrogens is 1. The maximum Gasteiger partial charge on any atom is 0.407 e. The van der Waals surface area contributed by atoms with Gasteiger partial charge in [-0.15, -0.1) is 0 Å². The second kappa shape index (κ2) is 9.98. The van der Waals surface area contributed by atoms with Crippen LogP contribution in [0.2, 0.25) is 0 Å². The van der Waals surface area contributed by atoms with Crippen LogP contribution in [0, 0.1) is 5.92 Å². The molecule has 0 radical (unpaired) electrons. The molecule has 2 heterocycles. The summed E-state index contributed by atoms with van der Waals surface area (Å²) in [4.78, 5) is 30.2. The number of esters is 1. The minimum Gasteiger partial charge on any atom is -0.450 e. The number of aromatic amines is 1. The molecular weight excluding hydrogens is 418 g/mol. The van der Waals surface area contributed by atoms with Gasteiger partial charge in [-0.2, -0.15) is 0 Å². The number of nitrogens with one attached hydrogen (secondary N) is 2. The molecule has 3 aromatic rings. The van der Waals surface area contributed by atoms with Crippen LogP contribution in [0.15, 0.2) is 48.7 Å². The first-order valence-electron chi connectivity index (χ1n) is 11.6. The average molecular weight is 450 g/mol. The molecule has 2 aromatic carbocycles. The summed E-state index contributed by atoms with van der Waals surface area (Å²) in [5.74, 6) is 0.00839. The van der Waals surface area contributed by atoms with Crippen molar-refractivity contribution < 1.29 is 19.1 Å². The molecule has 7 nitrogen and oxygen atoms in total. The van der Waals surface area contributed by atoms with Gasteiger partial charge in [-0.3, -0.25) is 4.79 Å². The Kier molecular flexibility index (Phi) is 6.87. The number of carbonyl (C=O) groups is 2.